The minimum absolute atomic E-state index is 0.243. The van der Waals surface area contributed by atoms with Gasteiger partial charge in [0.1, 0.15) is 5.75 Å². The second kappa shape index (κ2) is 7.98. The first-order valence-electron chi connectivity index (χ1n) is 9.89. The fraction of sp³-hybridized carbons (Fsp3) is 0.280. The van der Waals surface area contributed by atoms with Crippen molar-refractivity contribution in [1.29, 1.82) is 0 Å². The Morgan fingerprint density at radius 3 is 2.04 bits per heavy atom. The minimum atomic E-state index is 0.243. The van der Waals surface area contributed by atoms with Crippen molar-refractivity contribution < 1.29 is 5.11 Å². The summed E-state index contributed by atoms with van der Waals surface area (Å²) in [5, 5.41) is 14.6. The van der Waals surface area contributed by atoms with Crippen LogP contribution in [0, 0.1) is 0 Å². The summed E-state index contributed by atoms with van der Waals surface area (Å²) >= 11 is 0. The number of hydrogen-bond acceptors (Lipinski definition) is 2. The largest absolute Gasteiger partial charge is 0.507 e. The maximum atomic E-state index is 11.0. The quantitative estimate of drug-likeness (QED) is 0.679. The predicted molar refractivity (Wildman–Crippen MR) is 111 cm³/mol. The molecule has 0 heterocycles. The van der Waals surface area contributed by atoms with Gasteiger partial charge < -0.3 is 10.4 Å². The Kier molecular flexibility index (Phi) is 5.26. The Hall–Kier alpha value is -2.58. The van der Waals surface area contributed by atoms with E-state index in [2.05, 4.69) is 72.9 Å². The molecule has 0 amide bonds. The summed E-state index contributed by atoms with van der Waals surface area (Å²) in [5.74, 6) is 0.482. The third-order valence-electron chi connectivity index (χ3n) is 5.74. The number of benzene rings is 3. The standard InChI is InChI=1S/C25H27NO/c1-18(21-5-3-2-4-6-21)26-17-24-22-13-11-19-7-9-20(10-8-19)12-14-23(16-15-22)25(24)27/h2-10,15-16,18,26-27H,11-14,17H2,1H3. The van der Waals surface area contributed by atoms with Crippen LogP contribution in [-0.4, -0.2) is 5.11 Å². The summed E-state index contributed by atoms with van der Waals surface area (Å²) < 4.78 is 0. The SMILES string of the molecule is CC(NCc1c2ccc(c1O)CCc1ccc(cc1)CC2)c1ccccc1. The lowest BCUT2D eigenvalue weighted by molar-refractivity contribution is 0.451. The van der Waals surface area contributed by atoms with Gasteiger partial charge in [0.05, 0.1) is 0 Å². The van der Waals surface area contributed by atoms with Crippen molar-refractivity contribution in [2.45, 2.75) is 45.2 Å². The van der Waals surface area contributed by atoms with Gasteiger partial charge in [-0.05, 0) is 60.4 Å². The molecule has 7 rings (SSSR count). The molecule has 2 heteroatoms. The van der Waals surface area contributed by atoms with Gasteiger partial charge in [-0.3, -0.25) is 0 Å². The normalized spacial score (nSPS) is 14.6. The summed E-state index contributed by atoms with van der Waals surface area (Å²) in [5.41, 5.74) is 7.31. The van der Waals surface area contributed by atoms with E-state index in [1.165, 1.54) is 22.3 Å². The molecule has 0 radical (unpaired) electrons. The van der Waals surface area contributed by atoms with Crippen molar-refractivity contribution in [3.63, 3.8) is 0 Å². The molecule has 0 fully saturated rings. The summed E-state index contributed by atoms with van der Waals surface area (Å²) in [7, 11) is 0. The van der Waals surface area contributed by atoms with Gasteiger partial charge in [0.15, 0.2) is 0 Å². The van der Waals surface area contributed by atoms with E-state index in [0.717, 1.165) is 36.8 Å². The van der Waals surface area contributed by atoms with Gasteiger partial charge in [-0.15, -0.1) is 0 Å². The number of aryl methyl sites for hydroxylation is 4. The molecule has 0 aromatic heterocycles. The van der Waals surface area contributed by atoms with Crippen LogP contribution in [0.5, 0.6) is 5.75 Å². The van der Waals surface area contributed by atoms with E-state index in [9.17, 15) is 5.11 Å². The van der Waals surface area contributed by atoms with Crippen molar-refractivity contribution in [2.75, 3.05) is 0 Å². The zero-order valence-electron chi connectivity index (χ0n) is 15.9. The van der Waals surface area contributed by atoms with E-state index in [4.69, 9.17) is 0 Å². The van der Waals surface area contributed by atoms with Gasteiger partial charge in [-0.25, -0.2) is 0 Å². The van der Waals surface area contributed by atoms with Gasteiger partial charge in [-0.1, -0.05) is 66.7 Å². The van der Waals surface area contributed by atoms with Crippen molar-refractivity contribution in [1.82, 2.24) is 5.32 Å². The smallest absolute Gasteiger partial charge is 0.123 e. The first-order chi connectivity index (χ1) is 13.2. The van der Waals surface area contributed by atoms with Crippen molar-refractivity contribution >= 4 is 0 Å². The number of rotatable bonds is 4. The summed E-state index contributed by atoms with van der Waals surface area (Å²) in [6.07, 6.45) is 3.78. The van der Waals surface area contributed by atoms with Crippen molar-refractivity contribution in [3.8, 4) is 5.75 Å². The monoisotopic (exact) mass is 357 g/mol. The third kappa shape index (κ3) is 4.06. The molecule has 3 aromatic rings. The molecule has 1 atom stereocenters. The lowest BCUT2D eigenvalue weighted by Gasteiger charge is -2.20. The van der Waals surface area contributed by atoms with Crippen LogP contribution >= 0.6 is 0 Å². The molecule has 3 aromatic carbocycles. The van der Waals surface area contributed by atoms with Crippen LogP contribution in [0.4, 0.5) is 0 Å². The highest BCUT2D eigenvalue weighted by Crippen LogP contribution is 2.30. The summed E-state index contributed by atoms with van der Waals surface area (Å²) in [6, 6.07) is 24.0. The third-order valence-corrected chi connectivity index (χ3v) is 5.74. The Morgan fingerprint density at radius 1 is 0.778 bits per heavy atom. The van der Waals surface area contributed by atoms with E-state index in [0.29, 0.717) is 12.3 Å². The molecule has 27 heavy (non-hydrogen) atoms. The molecule has 2 N–H and O–H groups in total. The van der Waals surface area contributed by atoms with E-state index in [-0.39, 0.29) is 6.04 Å². The van der Waals surface area contributed by atoms with Gasteiger partial charge in [0, 0.05) is 18.2 Å². The van der Waals surface area contributed by atoms with E-state index in [1.54, 1.807) is 0 Å². The molecule has 0 saturated carbocycles. The zero-order chi connectivity index (χ0) is 18.6. The Labute approximate surface area is 161 Å². The first-order valence-corrected chi connectivity index (χ1v) is 9.89. The van der Waals surface area contributed by atoms with Crippen molar-refractivity contribution in [2.24, 2.45) is 0 Å². The Bertz CT molecular complexity index is 900. The van der Waals surface area contributed by atoms with E-state index >= 15 is 0 Å². The van der Waals surface area contributed by atoms with Crippen molar-refractivity contribution in [3.05, 3.63) is 100 Å². The fourth-order valence-corrected chi connectivity index (χ4v) is 3.91. The second-order valence-electron chi connectivity index (χ2n) is 7.54. The van der Waals surface area contributed by atoms with Crippen LogP contribution in [0.2, 0.25) is 0 Å². The zero-order valence-corrected chi connectivity index (χ0v) is 15.9. The lowest BCUT2D eigenvalue weighted by Crippen LogP contribution is -2.19. The molecule has 4 aliphatic rings. The summed E-state index contributed by atoms with van der Waals surface area (Å²) in [6.45, 7) is 2.86. The molecule has 4 aliphatic carbocycles. The molecule has 4 bridgehead atoms. The topological polar surface area (TPSA) is 32.3 Å². The maximum Gasteiger partial charge on any atom is 0.123 e. The molecular formula is C25H27NO. The Balaban J connectivity index is 1.59. The number of nitrogens with one attached hydrogen (secondary N) is 1. The van der Waals surface area contributed by atoms with Crippen LogP contribution in [0.15, 0.2) is 66.7 Å². The Morgan fingerprint density at radius 2 is 1.37 bits per heavy atom. The summed E-state index contributed by atoms with van der Waals surface area (Å²) in [4.78, 5) is 0. The highest BCUT2D eigenvalue weighted by Gasteiger charge is 2.15. The molecule has 1 unspecified atom stereocenters. The van der Waals surface area contributed by atoms with Crippen LogP contribution in [0.3, 0.4) is 0 Å². The lowest BCUT2D eigenvalue weighted by atomic mass is 9.92. The van der Waals surface area contributed by atoms with Crippen LogP contribution in [0.1, 0.15) is 46.3 Å². The van der Waals surface area contributed by atoms with E-state index < -0.39 is 0 Å². The predicted octanol–water partition coefficient (Wildman–Crippen LogP) is 5.13. The van der Waals surface area contributed by atoms with Crippen LogP contribution in [-0.2, 0) is 32.2 Å². The second-order valence-corrected chi connectivity index (χ2v) is 7.54. The average Bonchev–Trinajstić information content (AvgIpc) is 2.70. The maximum absolute atomic E-state index is 11.0. The van der Waals surface area contributed by atoms with Gasteiger partial charge in [-0.2, -0.15) is 0 Å². The molecule has 0 saturated heterocycles. The molecule has 0 aliphatic heterocycles. The van der Waals surface area contributed by atoms with Crippen LogP contribution < -0.4 is 5.32 Å². The number of aromatic hydroxyl groups is 1. The number of hydrogen-bond donors (Lipinski definition) is 2. The molecule has 0 spiro atoms. The van der Waals surface area contributed by atoms with E-state index in [1.807, 2.05) is 6.07 Å². The average molecular weight is 357 g/mol. The van der Waals surface area contributed by atoms with Gasteiger partial charge >= 0.3 is 0 Å². The highest BCUT2D eigenvalue weighted by atomic mass is 16.3. The number of phenols is 1. The minimum Gasteiger partial charge on any atom is -0.507 e. The number of phenolic OH excluding ortho intramolecular Hbond substituents is 1. The fourth-order valence-electron chi connectivity index (χ4n) is 3.91. The molecule has 2 nitrogen and oxygen atoms in total. The van der Waals surface area contributed by atoms with Crippen LogP contribution in [0.25, 0.3) is 0 Å². The van der Waals surface area contributed by atoms with Gasteiger partial charge in [0.2, 0.25) is 0 Å². The highest BCUT2D eigenvalue weighted by molar-refractivity contribution is 5.47. The van der Waals surface area contributed by atoms with Gasteiger partial charge in [0.25, 0.3) is 0 Å². The molecule has 138 valence electrons. The first kappa shape index (κ1) is 17.8. The molecular weight excluding hydrogens is 330 g/mol.